The Labute approximate surface area is 260 Å². The number of thioether (sulfide) groups is 1. The number of aryl methyl sites for hydroxylation is 1. The first-order chi connectivity index (χ1) is 19.7. The minimum Gasteiger partial charge on any atom is -0.505 e. The van der Waals surface area contributed by atoms with E-state index in [1.807, 2.05) is 18.2 Å². The number of hydrogen-bond acceptors (Lipinski definition) is 8. The van der Waals surface area contributed by atoms with Gasteiger partial charge in [-0.2, -0.15) is 0 Å². The molecule has 5 aromatic rings. The molecule has 0 spiro atoms. The molecule has 8 nitrogen and oxygen atoms in total. The van der Waals surface area contributed by atoms with Gasteiger partial charge in [-0.25, -0.2) is 4.98 Å². The van der Waals surface area contributed by atoms with Crippen molar-refractivity contribution in [1.82, 2.24) is 19.6 Å². The molecule has 4 heterocycles. The molecule has 1 unspecified atom stereocenters. The molecule has 0 aliphatic carbocycles. The molecule has 1 fully saturated rings. The Morgan fingerprint density at radius 3 is 2.71 bits per heavy atom. The topological polar surface area (TPSA) is 101 Å². The molecule has 0 bridgehead atoms. The Hall–Kier alpha value is -3.22. The van der Waals surface area contributed by atoms with E-state index in [1.165, 1.54) is 28.0 Å². The van der Waals surface area contributed by atoms with Crippen LogP contribution in [0.1, 0.15) is 28.6 Å². The van der Waals surface area contributed by atoms with Crippen LogP contribution >= 0.6 is 62.2 Å². The first-order valence-electron chi connectivity index (χ1n) is 12.1. The summed E-state index contributed by atoms with van der Waals surface area (Å²) in [6.07, 6.45) is 1.75. The summed E-state index contributed by atoms with van der Waals surface area (Å²) in [4.78, 5) is 33.0. The second-order valence-corrected chi connectivity index (χ2v) is 13.0. The summed E-state index contributed by atoms with van der Waals surface area (Å²) in [7, 11) is 0. The number of carbonyl (C=O) groups excluding carboxylic acids is 2. The zero-order valence-electron chi connectivity index (χ0n) is 21.1. The fourth-order valence-electron chi connectivity index (χ4n) is 4.68. The van der Waals surface area contributed by atoms with Gasteiger partial charge < -0.3 is 5.11 Å². The number of rotatable bonds is 6. The summed E-state index contributed by atoms with van der Waals surface area (Å²) in [5, 5.41) is 21.5. The Kier molecular flexibility index (Phi) is 7.64. The molecule has 13 heteroatoms. The molecule has 1 aliphatic heterocycles. The lowest BCUT2D eigenvalue weighted by Gasteiger charge is -2.22. The van der Waals surface area contributed by atoms with Gasteiger partial charge in [0.25, 0.3) is 5.78 Å². The quantitative estimate of drug-likeness (QED) is 0.0650. The SMILES string of the molecule is Cc1nc2ccccn2c1/C(O)=C1\C(=O)C(=O)N(c2nnc(SCc3ccc(Cl)cc3Cl)s2)C1c1cccc(Br)c1. The smallest absolute Gasteiger partial charge is 0.301 e. The van der Waals surface area contributed by atoms with Gasteiger partial charge in [0.2, 0.25) is 5.13 Å². The van der Waals surface area contributed by atoms with Crippen molar-refractivity contribution in [2.24, 2.45) is 0 Å². The normalized spacial score (nSPS) is 16.7. The van der Waals surface area contributed by atoms with E-state index in [0.717, 1.165) is 10.0 Å². The Bertz CT molecular complexity index is 1890. The third kappa shape index (κ3) is 5.17. The third-order valence-electron chi connectivity index (χ3n) is 6.51. The lowest BCUT2D eigenvalue weighted by molar-refractivity contribution is -0.132. The van der Waals surface area contributed by atoms with Crippen LogP contribution in [0.2, 0.25) is 10.0 Å². The van der Waals surface area contributed by atoms with Crippen molar-refractivity contribution >= 4 is 90.5 Å². The minimum atomic E-state index is -0.947. The lowest BCUT2D eigenvalue weighted by atomic mass is 9.96. The minimum absolute atomic E-state index is 0.0563. The van der Waals surface area contributed by atoms with Gasteiger partial charge in [-0.1, -0.05) is 86.5 Å². The van der Waals surface area contributed by atoms with Crippen LogP contribution in [-0.4, -0.2) is 36.4 Å². The third-order valence-corrected chi connectivity index (χ3v) is 9.69. The Morgan fingerprint density at radius 2 is 1.93 bits per heavy atom. The molecule has 206 valence electrons. The number of pyridine rings is 1. The molecule has 6 rings (SSSR count). The molecule has 41 heavy (non-hydrogen) atoms. The van der Waals surface area contributed by atoms with Crippen LogP contribution in [0.5, 0.6) is 0 Å². The molecule has 0 radical (unpaired) electrons. The highest BCUT2D eigenvalue weighted by atomic mass is 79.9. The fraction of sp³-hybridized carbons (Fsp3) is 0.107. The number of halogens is 3. The number of benzene rings is 2. The number of fused-ring (bicyclic) bond motifs is 1. The van der Waals surface area contributed by atoms with E-state index in [4.69, 9.17) is 23.2 Å². The Morgan fingerprint density at radius 1 is 1.10 bits per heavy atom. The van der Waals surface area contributed by atoms with E-state index >= 15 is 0 Å². The second-order valence-electron chi connectivity index (χ2n) is 9.07. The maximum atomic E-state index is 13.6. The van der Waals surface area contributed by atoms with Gasteiger partial charge in [0.15, 0.2) is 10.1 Å². The Balaban J connectivity index is 1.43. The number of Topliss-reactive ketones (excluding diaryl/α,β-unsaturated/α-hetero) is 1. The van der Waals surface area contributed by atoms with Crippen molar-refractivity contribution in [1.29, 1.82) is 0 Å². The number of aliphatic hydroxyl groups is 1. The molecule has 1 N–H and O–H groups in total. The summed E-state index contributed by atoms with van der Waals surface area (Å²) in [6, 6.07) is 17.0. The summed E-state index contributed by atoms with van der Waals surface area (Å²) in [5.41, 5.74) is 2.89. The molecule has 1 atom stereocenters. The number of aliphatic hydroxyl groups excluding tert-OH is 1. The van der Waals surface area contributed by atoms with Crippen LogP contribution in [0.3, 0.4) is 0 Å². The van der Waals surface area contributed by atoms with Crippen LogP contribution in [0.25, 0.3) is 11.4 Å². The van der Waals surface area contributed by atoms with E-state index < -0.39 is 17.7 Å². The zero-order valence-corrected chi connectivity index (χ0v) is 25.8. The number of carbonyl (C=O) groups is 2. The monoisotopic (exact) mass is 685 g/mol. The first kappa shape index (κ1) is 27.9. The molecule has 2 aromatic carbocycles. The number of imidazole rings is 1. The van der Waals surface area contributed by atoms with Crippen molar-refractivity contribution in [3.63, 3.8) is 0 Å². The first-order valence-corrected chi connectivity index (χ1v) is 15.5. The van der Waals surface area contributed by atoms with E-state index in [9.17, 15) is 14.7 Å². The molecular formula is C28H18BrCl2N5O3S2. The number of hydrogen-bond donors (Lipinski definition) is 1. The lowest BCUT2D eigenvalue weighted by Crippen LogP contribution is -2.29. The second kappa shape index (κ2) is 11.2. The van der Waals surface area contributed by atoms with E-state index in [2.05, 4.69) is 31.1 Å². The standard InChI is InChI=1S/C28H18BrCl2N5O3S2/c1-14-22(35-10-3-2-7-20(35)32-14)24(37)21-23(15-5-4-6-17(29)11-15)36(26(39)25(21)38)27-33-34-28(41-27)40-13-16-8-9-18(30)12-19(16)31/h2-12,23,37H,13H2,1H3/b24-21+. The highest BCUT2D eigenvalue weighted by Gasteiger charge is 2.49. The molecule has 0 saturated carbocycles. The van der Waals surface area contributed by atoms with Crippen LogP contribution in [0.15, 0.2) is 81.2 Å². The average molecular weight is 687 g/mol. The van der Waals surface area contributed by atoms with Gasteiger partial charge in [0.1, 0.15) is 11.3 Å². The van der Waals surface area contributed by atoms with Crippen molar-refractivity contribution < 1.29 is 14.7 Å². The van der Waals surface area contributed by atoms with Crippen LogP contribution in [-0.2, 0) is 15.3 Å². The molecule has 3 aromatic heterocycles. The molecule has 1 aliphatic rings. The maximum Gasteiger partial charge on any atom is 0.301 e. The summed E-state index contributed by atoms with van der Waals surface area (Å²) in [6.45, 7) is 1.74. The summed E-state index contributed by atoms with van der Waals surface area (Å²) >= 11 is 18.4. The van der Waals surface area contributed by atoms with Gasteiger partial charge in [-0.15, -0.1) is 10.2 Å². The van der Waals surface area contributed by atoms with Gasteiger partial charge >= 0.3 is 5.91 Å². The zero-order chi connectivity index (χ0) is 28.8. The number of nitrogens with zero attached hydrogens (tertiary/aromatic N) is 5. The number of aromatic nitrogens is 4. The largest absolute Gasteiger partial charge is 0.505 e. The van der Waals surface area contributed by atoms with Crippen molar-refractivity contribution in [3.05, 3.63) is 109 Å². The van der Waals surface area contributed by atoms with Gasteiger partial charge in [-0.3, -0.25) is 18.9 Å². The highest BCUT2D eigenvalue weighted by Crippen LogP contribution is 2.45. The van der Waals surface area contributed by atoms with Crippen LogP contribution in [0.4, 0.5) is 5.13 Å². The predicted octanol–water partition coefficient (Wildman–Crippen LogP) is 7.48. The predicted molar refractivity (Wildman–Crippen MR) is 165 cm³/mol. The van der Waals surface area contributed by atoms with Gasteiger partial charge in [0.05, 0.1) is 17.3 Å². The van der Waals surface area contributed by atoms with Crippen LogP contribution < -0.4 is 4.90 Å². The van der Waals surface area contributed by atoms with Gasteiger partial charge in [-0.05, 0) is 54.4 Å². The van der Waals surface area contributed by atoms with E-state index in [-0.39, 0.29) is 16.5 Å². The van der Waals surface area contributed by atoms with Gasteiger partial charge in [0, 0.05) is 26.5 Å². The van der Waals surface area contributed by atoms with Crippen LogP contribution in [0, 0.1) is 6.92 Å². The number of ketones is 1. The fourth-order valence-corrected chi connectivity index (χ4v) is 7.53. The molecule has 1 saturated heterocycles. The van der Waals surface area contributed by atoms with Crippen molar-refractivity contribution in [3.8, 4) is 0 Å². The molecular weight excluding hydrogens is 669 g/mol. The van der Waals surface area contributed by atoms with E-state index in [1.54, 1.807) is 60.0 Å². The number of amides is 1. The highest BCUT2D eigenvalue weighted by molar-refractivity contribution is 9.10. The van der Waals surface area contributed by atoms with Crippen molar-refractivity contribution in [2.75, 3.05) is 4.90 Å². The average Bonchev–Trinajstić information content (AvgIpc) is 3.61. The van der Waals surface area contributed by atoms with E-state index in [0.29, 0.717) is 42.7 Å². The molecule has 1 amide bonds. The summed E-state index contributed by atoms with van der Waals surface area (Å²) < 4.78 is 3.02. The van der Waals surface area contributed by atoms with Crippen molar-refractivity contribution in [2.45, 2.75) is 23.1 Å². The number of anilines is 1. The summed E-state index contributed by atoms with van der Waals surface area (Å²) in [5.74, 6) is -1.44. The maximum absolute atomic E-state index is 13.6.